The number of fused-ring (bicyclic) bond motifs is 1. The molecule has 2 heterocycles. The molecule has 0 amide bonds. The molecule has 21 heavy (non-hydrogen) atoms. The normalized spacial score (nSPS) is 12.2. The Morgan fingerprint density at radius 1 is 1.33 bits per heavy atom. The smallest absolute Gasteiger partial charge is 0.137 e. The van der Waals surface area contributed by atoms with E-state index in [0.717, 1.165) is 38.0 Å². The van der Waals surface area contributed by atoms with E-state index in [2.05, 4.69) is 53.8 Å². The van der Waals surface area contributed by atoms with Gasteiger partial charge in [-0.15, -0.1) is 0 Å². The van der Waals surface area contributed by atoms with Crippen molar-refractivity contribution >= 4 is 5.65 Å². The van der Waals surface area contributed by atoms with Gasteiger partial charge in [-0.25, -0.2) is 4.98 Å². The predicted octanol–water partition coefficient (Wildman–Crippen LogP) is 2.92. The zero-order valence-electron chi connectivity index (χ0n) is 13.4. The lowest BCUT2D eigenvalue weighted by molar-refractivity contribution is 0.163. The molecule has 0 aliphatic carbocycles. The topological polar surface area (TPSA) is 49.6 Å². The predicted molar refractivity (Wildman–Crippen MR) is 86.4 cm³/mol. The maximum Gasteiger partial charge on any atom is 0.137 e. The van der Waals surface area contributed by atoms with Crippen LogP contribution in [0.3, 0.4) is 0 Å². The molecule has 2 aromatic heterocycles. The maximum absolute atomic E-state index is 9.27. The highest BCUT2D eigenvalue weighted by molar-refractivity contribution is 5.42. The number of aromatic nitrogens is 2. The van der Waals surface area contributed by atoms with E-state index in [4.69, 9.17) is 0 Å². The van der Waals surface area contributed by atoms with Crippen LogP contribution in [0.2, 0.25) is 0 Å². The quantitative estimate of drug-likeness (QED) is 0.785. The Morgan fingerprint density at radius 3 is 2.76 bits per heavy atom. The number of imidazole rings is 1. The zero-order chi connectivity index (χ0) is 15.3. The van der Waals surface area contributed by atoms with Gasteiger partial charge in [-0.2, -0.15) is 0 Å². The fourth-order valence-electron chi connectivity index (χ4n) is 2.90. The number of rotatable bonds is 8. The van der Waals surface area contributed by atoms with Crippen molar-refractivity contribution in [1.82, 2.24) is 14.7 Å². The Labute approximate surface area is 127 Å². The Morgan fingerprint density at radius 2 is 2.10 bits per heavy atom. The number of nitrogens with zero attached hydrogens (tertiary/aromatic N) is 2. The highest BCUT2D eigenvalue weighted by Crippen LogP contribution is 2.29. The van der Waals surface area contributed by atoms with Crippen LogP contribution < -0.4 is 5.32 Å². The summed E-state index contributed by atoms with van der Waals surface area (Å²) in [5.74, 6) is 0. The molecule has 0 unspecified atom stereocenters. The summed E-state index contributed by atoms with van der Waals surface area (Å²) in [6, 6.07) is 4.20. The van der Waals surface area contributed by atoms with E-state index < -0.39 is 0 Å². The van der Waals surface area contributed by atoms with Crippen LogP contribution in [0.15, 0.2) is 24.5 Å². The molecule has 0 spiro atoms. The number of hydrogen-bond donors (Lipinski definition) is 2. The molecule has 116 valence electrons. The molecule has 2 aromatic rings. The van der Waals surface area contributed by atoms with Crippen molar-refractivity contribution in [3.05, 3.63) is 35.8 Å². The first-order valence-corrected chi connectivity index (χ1v) is 7.88. The van der Waals surface area contributed by atoms with Gasteiger partial charge in [-0.1, -0.05) is 13.8 Å². The first-order chi connectivity index (χ1) is 10.1. The van der Waals surface area contributed by atoms with E-state index in [0.29, 0.717) is 0 Å². The molecule has 0 radical (unpaired) electrons. The van der Waals surface area contributed by atoms with Crippen LogP contribution in [-0.4, -0.2) is 27.6 Å². The van der Waals surface area contributed by atoms with Crippen LogP contribution in [0, 0.1) is 12.3 Å². The number of pyridine rings is 1. The van der Waals surface area contributed by atoms with Crippen molar-refractivity contribution in [1.29, 1.82) is 0 Å². The van der Waals surface area contributed by atoms with E-state index in [1.807, 2.05) is 6.20 Å². The van der Waals surface area contributed by atoms with Crippen LogP contribution >= 0.6 is 0 Å². The molecule has 0 aliphatic rings. The molecule has 0 saturated carbocycles. The second kappa shape index (κ2) is 7.05. The van der Waals surface area contributed by atoms with Crippen molar-refractivity contribution in [2.75, 3.05) is 13.2 Å². The lowest BCUT2D eigenvalue weighted by Crippen LogP contribution is -2.34. The van der Waals surface area contributed by atoms with Gasteiger partial charge in [0.1, 0.15) is 5.65 Å². The maximum atomic E-state index is 9.27. The number of nitrogens with one attached hydrogen (secondary N) is 1. The zero-order valence-corrected chi connectivity index (χ0v) is 13.4. The van der Waals surface area contributed by atoms with Crippen molar-refractivity contribution < 1.29 is 5.11 Å². The van der Waals surface area contributed by atoms with E-state index in [1.54, 1.807) is 0 Å². The van der Waals surface area contributed by atoms with Crippen molar-refractivity contribution in [3.8, 4) is 0 Å². The number of aliphatic hydroxyl groups is 1. The first-order valence-electron chi connectivity index (χ1n) is 7.88. The van der Waals surface area contributed by atoms with Crippen molar-refractivity contribution in [2.45, 2.75) is 46.6 Å². The molecule has 4 nitrogen and oxygen atoms in total. The summed E-state index contributed by atoms with van der Waals surface area (Å²) in [5, 5.41) is 12.8. The molecular formula is C17H27N3O. The Kier molecular flexibility index (Phi) is 5.37. The van der Waals surface area contributed by atoms with Crippen LogP contribution in [0.1, 0.15) is 44.4 Å². The minimum atomic E-state index is 0.200. The molecule has 0 saturated heterocycles. The molecule has 0 fully saturated rings. The summed E-state index contributed by atoms with van der Waals surface area (Å²) in [4.78, 5) is 4.45. The van der Waals surface area contributed by atoms with Crippen molar-refractivity contribution in [2.24, 2.45) is 5.41 Å². The van der Waals surface area contributed by atoms with E-state index in [9.17, 15) is 5.11 Å². The molecule has 0 aliphatic heterocycles. The fourth-order valence-corrected chi connectivity index (χ4v) is 2.90. The average Bonchev–Trinajstić information content (AvgIpc) is 2.88. The molecule has 2 N–H and O–H groups in total. The second-order valence-electron chi connectivity index (χ2n) is 5.97. The highest BCUT2D eigenvalue weighted by atomic mass is 16.3. The van der Waals surface area contributed by atoms with Gasteiger partial charge in [0.25, 0.3) is 0 Å². The second-order valence-corrected chi connectivity index (χ2v) is 5.97. The van der Waals surface area contributed by atoms with Gasteiger partial charge >= 0.3 is 0 Å². The number of hydrogen-bond acceptors (Lipinski definition) is 3. The summed E-state index contributed by atoms with van der Waals surface area (Å²) in [6.07, 6.45) is 7.05. The molecule has 0 bridgehead atoms. The molecule has 4 heteroatoms. The van der Waals surface area contributed by atoms with E-state index in [-0.39, 0.29) is 12.0 Å². The SMILES string of the molecule is CCC(CC)(CCO)CNCc1cnc2cc(C)ccn12. The van der Waals surface area contributed by atoms with Gasteiger partial charge in [0.15, 0.2) is 0 Å². The Balaban J connectivity index is 2.01. The van der Waals surface area contributed by atoms with Crippen LogP contribution in [-0.2, 0) is 6.54 Å². The van der Waals surface area contributed by atoms with Crippen LogP contribution in [0.25, 0.3) is 5.65 Å². The van der Waals surface area contributed by atoms with E-state index >= 15 is 0 Å². The standard InChI is InChI=1S/C17H27N3O/c1-4-17(5-2,7-9-21)13-18-11-15-12-19-16-10-14(3)6-8-20(15)16/h6,8,10,12,18,21H,4-5,7,9,11,13H2,1-3H3. The summed E-state index contributed by atoms with van der Waals surface area (Å²) in [6.45, 7) is 8.49. The minimum absolute atomic E-state index is 0.200. The average molecular weight is 289 g/mol. The minimum Gasteiger partial charge on any atom is -0.396 e. The highest BCUT2D eigenvalue weighted by Gasteiger charge is 2.24. The largest absolute Gasteiger partial charge is 0.396 e. The third kappa shape index (κ3) is 3.63. The van der Waals surface area contributed by atoms with Gasteiger partial charge in [0, 0.05) is 25.9 Å². The molecule has 2 rings (SSSR count). The summed E-state index contributed by atoms with van der Waals surface area (Å²) >= 11 is 0. The number of aliphatic hydroxyl groups excluding tert-OH is 1. The third-order valence-electron chi connectivity index (χ3n) is 4.69. The summed E-state index contributed by atoms with van der Waals surface area (Å²) < 4.78 is 2.13. The summed E-state index contributed by atoms with van der Waals surface area (Å²) in [7, 11) is 0. The fraction of sp³-hybridized carbons (Fsp3) is 0.588. The lowest BCUT2D eigenvalue weighted by Gasteiger charge is -2.31. The van der Waals surface area contributed by atoms with Gasteiger partial charge in [0.2, 0.25) is 0 Å². The van der Waals surface area contributed by atoms with Gasteiger partial charge in [-0.05, 0) is 49.3 Å². The van der Waals surface area contributed by atoms with Crippen LogP contribution in [0.5, 0.6) is 0 Å². The van der Waals surface area contributed by atoms with Crippen LogP contribution in [0.4, 0.5) is 0 Å². The third-order valence-corrected chi connectivity index (χ3v) is 4.69. The number of aryl methyl sites for hydroxylation is 1. The lowest BCUT2D eigenvalue weighted by atomic mass is 9.79. The first kappa shape index (κ1) is 16.0. The van der Waals surface area contributed by atoms with Gasteiger partial charge in [0.05, 0.1) is 11.9 Å². The van der Waals surface area contributed by atoms with E-state index in [1.165, 1.54) is 11.3 Å². The molecular weight excluding hydrogens is 262 g/mol. The molecule has 0 aromatic carbocycles. The Bertz CT molecular complexity index is 572. The van der Waals surface area contributed by atoms with Gasteiger partial charge < -0.3 is 14.8 Å². The van der Waals surface area contributed by atoms with Crippen molar-refractivity contribution in [3.63, 3.8) is 0 Å². The molecule has 0 atom stereocenters. The monoisotopic (exact) mass is 289 g/mol. The summed E-state index contributed by atoms with van der Waals surface area (Å²) in [5.41, 5.74) is 3.60. The van der Waals surface area contributed by atoms with Gasteiger partial charge in [-0.3, -0.25) is 0 Å². The Hall–Kier alpha value is -1.39.